The third-order valence-electron chi connectivity index (χ3n) is 4.54. The van der Waals surface area contributed by atoms with E-state index >= 15 is 0 Å². The molecule has 196 valence electrons. The van der Waals surface area contributed by atoms with Crippen LogP contribution in [0.25, 0.3) is 0 Å². The zero-order valence-electron chi connectivity index (χ0n) is 19.2. The molecule has 6 nitrogen and oxygen atoms in total. The molecular formula is C23H39ClF2N4O2S2. The first-order valence-electron chi connectivity index (χ1n) is 9.41. The zero-order chi connectivity index (χ0) is 22.8. The average molecular weight is 541 g/mol. The van der Waals surface area contributed by atoms with Crippen LogP contribution in [0.15, 0.2) is 48.5 Å². The maximum Gasteiger partial charge on any atom is 0.235 e. The fourth-order valence-corrected chi connectivity index (χ4v) is 2.85. The Bertz CT molecular complexity index is 792. The molecule has 4 N–H and O–H groups in total. The fourth-order valence-electron chi connectivity index (χ4n) is 2.85. The lowest BCUT2D eigenvalue weighted by Crippen LogP contribution is -2.41. The number of halogens is 3. The van der Waals surface area contributed by atoms with Gasteiger partial charge < -0.3 is 11.5 Å². The van der Waals surface area contributed by atoms with Crippen LogP contribution < -0.4 is 11.5 Å². The summed E-state index contributed by atoms with van der Waals surface area (Å²) in [5, 5.41) is 0. The fraction of sp³-hybridized carbons (Fsp3) is 0.391. The summed E-state index contributed by atoms with van der Waals surface area (Å²) in [4.78, 5) is 25.7. The lowest BCUT2D eigenvalue weighted by molar-refractivity contribution is -0.123. The van der Waals surface area contributed by atoms with Gasteiger partial charge in [-0.1, -0.05) is 31.7 Å². The molecule has 0 radical (unpaired) electrons. The number of hydrogen-bond donors (Lipinski definition) is 2. The highest BCUT2D eigenvalue weighted by Crippen LogP contribution is 2.09. The number of hydrogen-bond acceptors (Lipinski definition) is 4. The molecule has 0 aliphatic rings. The predicted molar refractivity (Wildman–Crippen MR) is 148 cm³/mol. The number of primary amides is 2. The summed E-state index contributed by atoms with van der Waals surface area (Å²) in [5.74, 6) is -1.39. The second-order valence-electron chi connectivity index (χ2n) is 7.43. The van der Waals surface area contributed by atoms with Crippen molar-refractivity contribution >= 4 is 51.2 Å². The number of benzene rings is 2. The molecule has 34 heavy (non-hydrogen) atoms. The van der Waals surface area contributed by atoms with Crippen LogP contribution in [0.5, 0.6) is 0 Å². The van der Waals surface area contributed by atoms with E-state index < -0.39 is 23.9 Å². The maximum absolute atomic E-state index is 12.9. The van der Waals surface area contributed by atoms with Crippen molar-refractivity contribution < 1.29 is 18.4 Å². The molecule has 0 aliphatic heterocycles. The number of nitrogens with two attached hydrogens (primary N) is 2. The van der Waals surface area contributed by atoms with Crippen molar-refractivity contribution in [1.82, 2.24) is 9.80 Å². The van der Waals surface area contributed by atoms with E-state index in [1.807, 2.05) is 0 Å². The highest BCUT2D eigenvalue weighted by molar-refractivity contribution is 7.59. The van der Waals surface area contributed by atoms with E-state index in [0.717, 1.165) is 11.1 Å². The van der Waals surface area contributed by atoms with Gasteiger partial charge in [0.2, 0.25) is 11.8 Å². The van der Waals surface area contributed by atoms with Crippen LogP contribution in [0.2, 0.25) is 0 Å². The third kappa shape index (κ3) is 14.4. The Kier molecular flexibility index (Phi) is 22.5. The Morgan fingerprint density at radius 1 is 0.765 bits per heavy atom. The number of carbonyl (C=O) groups excluding carboxylic acids is 2. The van der Waals surface area contributed by atoms with Crippen molar-refractivity contribution in [1.29, 1.82) is 0 Å². The molecule has 0 unspecified atom stereocenters. The van der Waals surface area contributed by atoms with Crippen LogP contribution in [-0.2, 0) is 22.4 Å². The molecular weight excluding hydrogens is 502 g/mol. The van der Waals surface area contributed by atoms with Gasteiger partial charge in [-0.15, -0.1) is 12.4 Å². The van der Waals surface area contributed by atoms with Gasteiger partial charge in [0.05, 0.1) is 12.1 Å². The van der Waals surface area contributed by atoms with Crippen molar-refractivity contribution in [3.8, 4) is 0 Å². The standard InChI is InChI=1S/2C11H15FN2O.CH4.ClH.2H2S/c2*1-14(2)10(11(13)15)7-8-4-3-5-9(12)6-8;;;;/h2*3-6,10H,7H2,1-2H3,(H2,13,15);1H4;1H;2*1H2/t2*10-;;;;/m00..../s1. The van der Waals surface area contributed by atoms with E-state index in [9.17, 15) is 18.4 Å². The van der Waals surface area contributed by atoms with Gasteiger partial charge in [-0.3, -0.25) is 19.4 Å². The van der Waals surface area contributed by atoms with Crippen molar-refractivity contribution in [2.24, 2.45) is 11.5 Å². The first-order chi connectivity index (χ1) is 14.0. The van der Waals surface area contributed by atoms with Crippen molar-refractivity contribution in [3.05, 3.63) is 71.3 Å². The first-order valence-corrected chi connectivity index (χ1v) is 9.41. The van der Waals surface area contributed by atoms with Gasteiger partial charge in [-0.25, -0.2) is 8.78 Å². The van der Waals surface area contributed by atoms with Gasteiger partial charge in [0.1, 0.15) is 11.6 Å². The second-order valence-corrected chi connectivity index (χ2v) is 7.43. The van der Waals surface area contributed by atoms with Crippen molar-refractivity contribution in [3.63, 3.8) is 0 Å². The van der Waals surface area contributed by atoms with E-state index in [2.05, 4.69) is 0 Å². The molecule has 2 rings (SSSR count). The number of amides is 2. The van der Waals surface area contributed by atoms with Crippen LogP contribution in [-0.4, -0.2) is 61.9 Å². The van der Waals surface area contributed by atoms with Crippen LogP contribution >= 0.6 is 39.4 Å². The minimum absolute atomic E-state index is 0. The number of likely N-dealkylation sites (N-methyl/N-ethyl adjacent to an activating group) is 2. The molecule has 2 atom stereocenters. The van der Waals surface area contributed by atoms with Crippen LogP contribution in [0.3, 0.4) is 0 Å². The zero-order valence-corrected chi connectivity index (χ0v) is 22.0. The Labute approximate surface area is 222 Å². The summed E-state index contributed by atoms with van der Waals surface area (Å²) in [6.07, 6.45) is 0.861. The molecule has 11 heteroatoms. The highest BCUT2D eigenvalue weighted by atomic mass is 35.5. The first kappa shape index (κ1) is 39.4. The predicted octanol–water partition coefficient (Wildman–Crippen LogP) is 2.85. The molecule has 2 aromatic rings. The van der Waals surface area contributed by atoms with E-state index in [4.69, 9.17) is 11.5 Å². The van der Waals surface area contributed by atoms with Gasteiger partial charge in [0.25, 0.3) is 0 Å². The molecule has 0 aromatic heterocycles. The van der Waals surface area contributed by atoms with Crippen molar-refractivity contribution in [2.45, 2.75) is 32.4 Å². The number of carbonyl (C=O) groups is 2. The monoisotopic (exact) mass is 540 g/mol. The Morgan fingerprint density at radius 2 is 1.06 bits per heavy atom. The largest absolute Gasteiger partial charge is 0.368 e. The minimum Gasteiger partial charge on any atom is -0.368 e. The van der Waals surface area contributed by atoms with Gasteiger partial charge >= 0.3 is 0 Å². The molecule has 0 spiro atoms. The number of nitrogens with zero attached hydrogens (tertiary/aromatic N) is 2. The molecule has 2 amide bonds. The lowest BCUT2D eigenvalue weighted by atomic mass is 10.0. The molecule has 2 aromatic carbocycles. The number of rotatable bonds is 8. The molecule has 0 aliphatic carbocycles. The van der Waals surface area contributed by atoms with E-state index in [1.54, 1.807) is 62.3 Å². The summed E-state index contributed by atoms with van der Waals surface area (Å²) in [7, 11) is 7.09. The quantitative estimate of drug-likeness (QED) is 0.538. The smallest absolute Gasteiger partial charge is 0.235 e. The summed E-state index contributed by atoms with van der Waals surface area (Å²) < 4.78 is 25.8. The highest BCUT2D eigenvalue weighted by Gasteiger charge is 2.19. The second kappa shape index (κ2) is 19.5. The summed E-state index contributed by atoms with van der Waals surface area (Å²) in [5.41, 5.74) is 12.0. The van der Waals surface area contributed by atoms with Crippen LogP contribution in [0, 0.1) is 11.6 Å². The van der Waals surface area contributed by atoms with Gasteiger partial charge in [-0.05, 0) is 76.4 Å². The molecule has 0 heterocycles. The Morgan fingerprint density at radius 3 is 1.26 bits per heavy atom. The van der Waals surface area contributed by atoms with Gasteiger partial charge in [-0.2, -0.15) is 27.0 Å². The van der Waals surface area contributed by atoms with Crippen LogP contribution in [0.4, 0.5) is 8.78 Å². The van der Waals surface area contributed by atoms with Gasteiger partial charge in [0.15, 0.2) is 0 Å². The van der Waals surface area contributed by atoms with Crippen molar-refractivity contribution in [2.75, 3.05) is 28.2 Å². The lowest BCUT2D eigenvalue weighted by Gasteiger charge is -2.20. The third-order valence-corrected chi connectivity index (χ3v) is 4.54. The molecule has 0 fully saturated rings. The normalized spacial score (nSPS) is 11.3. The van der Waals surface area contributed by atoms with Crippen LogP contribution in [0.1, 0.15) is 18.6 Å². The maximum atomic E-state index is 12.9. The average Bonchev–Trinajstić information content (AvgIpc) is 2.64. The summed E-state index contributed by atoms with van der Waals surface area (Å²) in [6.45, 7) is 0. The molecule has 0 bridgehead atoms. The van der Waals surface area contributed by atoms with E-state index in [-0.39, 0.29) is 58.5 Å². The van der Waals surface area contributed by atoms with Gasteiger partial charge in [0, 0.05) is 0 Å². The molecule has 0 saturated heterocycles. The topological polar surface area (TPSA) is 92.7 Å². The Balaban J connectivity index is -0.000000237. The molecule has 0 saturated carbocycles. The van der Waals surface area contributed by atoms with E-state index in [0.29, 0.717) is 12.8 Å². The minimum atomic E-state index is -0.399. The van der Waals surface area contributed by atoms with E-state index in [1.165, 1.54) is 24.3 Å². The SMILES string of the molecule is C.CN(C)[C@@H](Cc1cccc(F)c1)C(N)=O.CN(C)[C@@H](Cc1cccc(F)c1)C(N)=O.Cl.S.S. The Hall–Kier alpha value is -1.85. The summed E-state index contributed by atoms with van der Waals surface area (Å²) in [6, 6.07) is 11.6. The summed E-state index contributed by atoms with van der Waals surface area (Å²) >= 11 is 0.